The molecule has 0 spiro atoms. The fourth-order valence-corrected chi connectivity index (χ4v) is 3.13. The average molecular weight is 314 g/mol. The van der Waals surface area contributed by atoms with E-state index in [1.807, 2.05) is 17.0 Å². The number of hydrogen-bond acceptors (Lipinski definition) is 3. The highest BCUT2D eigenvalue weighted by Gasteiger charge is 2.34. The van der Waals surface area contributed by atoms with Crippen molar-refractivity contribution in [2.45, 2.75) is 25.1 Å². The number of β-amino-alcohol motifs (C(OH)–C–C–N with tert-alkyl or cyclic N) is 1. The third-order valence-electron chi connectivity index (χ3n) is 4.21. The maximum atomic E-state index is 14.1. The molecule has 0 radical (unpaired) electrons. The zero-order valence-electron chi connectivity index (χ0n) is 12.4. The molecule has 2 aromatic carbocycles. The Morgan fingerprint density at radius 1 is 1.22 bits per heavy atom. The minimum absolute atomic E-state index is 0.246. The van der Waals surface area contributed by atoms with Crippen LogP contribution in [-0.2, 0) is 6.54 Å². The first-order valence-corrected chi connectivity index (χ1v) is 7.43. The van der Waals surface area contributed by atoms with Crippen molar-refractivity contribution in [1.29, 1.82) is 5.26 Å². The third kappa shape index (κ3) is 3.24. The number of aliphatic hydroxyl groups excluding tert-OH is 1. The summed E-state index contributed by atoms with van der Waals surface area (Å²) in [5.74, 6) is -0.982. The van der Waals surface area contributed by atoms with Gasteiger partial charge in [0.15, 0.2) is 0 Å². The lowest BCUT2D eigenvalue weighted by atomic mass is 10.0. The molecule has 2 atom stereocenters. The number of aliphatic hydroxyl groups is 1. The molecule has 1 saturated heterocycles. The molecule has 0 unspecified atom stereocenters. The lowest BCUT2D eigenvalue weighted by molar-refractivity contribution is 0.172. The van der Waals surface area contributed by atoms with Crippen LogP contribution in [0.4, 0.5) is 8.78 Å². The topological polar surface area (TPSA) is 47.3 Å². The Morgan fingerprint density at radius 3 is 2.78 bits per heavy atom. The largest absolute Gasteiger partial charge is 0.392 e. The second-order valence-electron chi connectivity index (χ2n) is 5.77. The molecular formula is C18H16F2N2O. The van der Waals surface area contributed by atoms with E-state index in [4.69, 9.17) is 0 Å². The van der Waals surface area contributed by atoms with E-state index in [2.05, 4.69) is 6.07 Å². The van der Waals surface area contributed by atoms with Crippen molar-refractivity contribution in [1.82, 2.24) is 4.90 Å². The van der Waals surface area contributed by atoms with Crippen molar-refractivity contribution in [2.75, 3.05) is 6.54 Å². The van der Waals surface area contributed by atoms with Gasteiger partial charge in [-0.1, -0.05) is 18.2 Å². The molecule has 1 N–H and O–H groups in total. The molecule has 23 heavy (non-hydrogen) atoms. The predicted octanol–water partition coefficient (Wildman–Crippen LogP) is 3.14. The summed E-state index contributed by atoms with van der Waals surface area (Å²) in [5.41, 5.74) is 1.61. The van der Waals surface area contributed by atoms with Crippen LogP contribution in [0, 0.1) is 23.0 Å². The van der Waals surface area contributed by atoms with Crippen LogP contribution in [0.15, 0.2) is 42.5 Å². The number of halogens is 2. The van der Waals surface area contributed by atoms with Gasteiger partial charge in [-0.3, -0.25) is 4.90 Å². The maximum Gasteiger partial charge on any atom is 0.128 e. The quantitative estimate of drug-likeness (QED) is 0.947. The fourth-order valence-electron chi connectivity index (χ4n) is 3.13. The van der Waals surface area contributed by atoms with E-state index in [0.29, 0.717) is 25.1 Å². The van der Waals surface area contributed by atoms with E-state index in [-0.39, 0.29) is 5.56 Å². The van der Waals surface area contributed by atoms with Crippen molar-refractivity contribution in [3.8, 4) is 6.07 Å². The van der Waals surface area contributed by atoms with Crippen LogP contribution in [0.25, 0.3) is 0 Å². The van der Waals surface area contributed by atoms with Gasteiger partial charge < -0.3 is 5.11 Å². The van der Waals surface area contributed by atoms with Crippen LogP contribution in [0.2, 0.25) is 0 Å². The average Bonchev–Trinajstić information content (AvgIpc) is 2.90. The van der Waals surface area contributed by atoms with Crippen LogP contribution in [0.5, 0.6) is 0 Å². The molecule has 0 bridgehead atoms. The molecule has 1 fully saturated rings. The summed E-state index contributed by atoms with van der Waals surface area (Å²) in [6, 6.07) is 12.3. The van der Waals surface area contributed by atoms with Gasteiger partial charge in [0, 0.05) is 24.7 Å². The number of nitrogens with zero attached hydrogens (tertiary/aromatic N) is 2. The molecular weight excluding hydrogens is 298 g/mol. The predicted molar refractivity (Wildman–Crippen MR) is 81.3 cm³/mol. The van der Waals surface area contributed by atoms with E-state index in [1.54, 1.807) is 12.1 Å². The summed E-state index contributed by atoms with van der Waals surface area (Å²) < 4.78 is 27.6. The van der Waals surface area contributed by atoms with Gasteiger partial charge in [-0.25, -0.2) is 8.78 Å². The summed E-state index contributed by atoms with van der Waals surface area (Å²) in [6.45, 7) is 0.766. The van der Waals surface area contributed by atoms with Gasteiger partial charge in [0.05, 0.1) is 17.7 Å². The van der Waals surface area contributed by atoms with Crippen LogP contribution >= 0.6 is 0 Å². The Labute approximate surface area is 133 Å². The van der Waals surface area contributed by atoms with Crippen LogP contribution in [0.1, 0.15) is 29.2 Å². The van der Waals surface area contributed by atoms with Crippen LogP contribution < -0.4 is 0 Å². The number of rotatable bonds is 3. The Balaban J connectivity index is 1.91. The van der Waals surface area contributed by atoms with Gasteiger partial charge in [-0.2, -0.15) is 5.26 Å². The van der Waals surface area contributed by atoms with Gasteiger partial charge >= 0.3 is 0 Å². The van der Waals surface area contributed by atoms with Gasteiger partial charge in [-0.15, -0.1) is 0 Å². The minimum Gasteiger partial charge on any atom is -0.392 e. The summed E-state index contributed by atoms with van der Waals surface area (Å²) in [4.78, 5) is 1.89. The molecule has 0 aromatic heterocycles. The first kappa shape index (κ1) is 15.6. The normalized spacial score (nSPS) is 21.3. The van der Waals surface area contributed by atoms with Crippen molar-refractivity contribution >= 4 is 0 Å². The summed E-state index contributed by atoms with van der Waals surface area (Å²) in [7, 11) is 0. The van der Waals surface area contributed by atoms with E-state index in [9.17, 15) is 19.1 Å². The summed E-state index contributed by atoms with van der Waals surface area (Å²) in [6.07, 6.45) is -0.258. The van der Waals surface area contributed by atoms with Crippen molar-refractivity contribution < 1.29 is 13.9 Å². The van der Waals surface area contributed by atoms with E-state index >= 15 is 0 Å². The molecule has 2 aromatic rings. The van der Waals surface area contributed by atoms with E-state index in [1.165, 1.54) is 6.07 Å². The van der Waals surface area contributed by atoms with Gasteiger partial charge in [0.1, 0.15) is 11.6 Å². The smallest absolute Gasteiger partial charge is 0.128 e. The summed E-state index contributed by atoms with van der Waals surface area (Å²) >= 11 is 0. The number of nitriles is 1. The number of likely N-dealkylation sites (tertiary alicyclic amines) is 1. The minimum atomic E-state index is -0.600. The molecule has 0 aliphatic carbocycles. The molecule has 0 saturated carbocycles. The highest BCUT2D eigenvalue weighted by atomic mass is 19.1. The maximum absolute atomic E-state index is 14.1. The zero-order chi connectivity index (χ0) is 16.4. The molecule has 1 aliphatic heterocycles. The van der Waals surface area contributed by atoms with E-state index in [0.717, 1.165) is 17.7 Å². The number of benzene rings is 2. The Bertz CT molecular complexity index is 757. The van der Waals surface area contributed by atoms with Crippen molar-refractivity contribution in [3.05, 3.63) is 70.8 Å². The Hall–Kier alpha value is -2.29. The lowest BCUT2D eigenvalue weighted by Gasteiger charge is -2.25. The van der Waals surface area contributed by atoms with Gasteiger partial charge in [0.2, 0.25) is 0 Å². The first-order chi connectivity index (χ1) is 11.1. The molecule has 1 aliphatic rings. The van der Waals surface area contributed by atoms with E-state index < -0.39 is 23.8 Å². The molecule has 3 rings (SSSR count). The molecule has 3 nitrogen and oxygen atoms in total. The fraction of sp³-hybridized carbons (Fsp3) is 0.278. The second-order valence-corrected chi connectivity index (χ2v) is 5.77. The van der Waals surface area contributed by atoms with Crippen LogP contribution in [0.3, 0.4) is 0 Å². The van der Waals surface area contributed by atoms with Gasteiger partial charge in [-0.05, 0) is 36.2 Å². The Kier molecular flexibility index (Phi) is 4.37. The third-order valence-corrected chi connectivity index (χ3v) is 4.21. The zero-order valence-corrected chi connectivity index (χ0v) is 12.4. The molecule has 5 heteroatoms. The monoisotopic (exact) mass is 314 g/mol. The Morgan fingerprint density at radius 2 is 2.00 bits per heavy atom. The second kappa shape index (κ2) is 6.45. The van der Waals surface area contributed by atoms with Gasteiger partial charge in [0.25, 0.3) is 0 Å². The standard InChI is InChI=1S/C18H16F2N2O/c19-14-5-6-17(20)16(7-14)18-8-15(23)11-22(18)10-13-4-2-1-3-12(13)9-21/h1-7,15,18,23H,8,10-11H2/t15-,18+/m0/s1. The van der Waals surface area contributed by atoms with Crippen molar-refractivity contribution in [3.63, 3.8) is 0 Å². The van der Waals surface area contributed by atoms with Crippen molar-refractivity contribution in [2.24, 2.45) is 0 Å². The highest BCUT2D eigenvalue weighted by Crippen LogP contribution is 2.35. The van der Waals surface area contributed by atoms with Crippen LogP contribution in [-0.4, -0.2) is 22.7 Å². The molecule has 1 heterocycles. The molecule has 118 valence electrons. The highest BCUT2D eigenvalue weighted by molar-refractivity contribution is 5.37. The first-order valence-electron chi connectivity index (χ1n) is 7.43. The SMILES string of the molecule is N#Cc1ccccc1CN1C[C@@H](O)C[C@@H]1c1cc(F)ccc1F. The summed E-state index contributed by atoms with van der Waals surface area (Å²) in [5, 5.41) is 19.2. The lowest BCUT2D eigenvalue weighted by Crippen LogP contribution is -2.25. The number of hydrogen-bond donors (Lipinski definition) is 1. The molecule has 0 amide bonds.